The van der Waals surface area contributed by atoms with E-state index in [1.807, 2.05) is 61.7 Å². The van der Waals surface area contributed by atoms with Gasteiger partial charge in [0.25, 0.3) is 0 Å². The summed E-state index contributed by atoms with van der Waals surface area (Å²) in [6.07, 6.45) is 1.84. The van der Waals surface area contributed by atoms with E-state index in [-0.39, 0.29) is 12.1 Å². The van der Waals surface area contributed by atoms with Crippen molar-refractivity contribution < 1.29 is 4.79 Å². The van der Waals surface area contributed by atoms with E-state index in [0.717, 1.165) is 11.1 Å². The van der Waals surface area contributed by atoms with E-state index in [1.165, 1.54) is 0 Å². The molecule has 0 aliphatic rings. The number of hydrogen-bond acceptors (Lipinski definition) is 2. The third kappa shape index (κ3) is 4.84. The normalized spacial score (nSPS) is 11.8. The Kier molecular flexibility index (Phi) is 5.36. The summed E-state index contributed by atoms with van der Waals surface area (Å²) in [5, 5.41) is 10.6. The highest BCUT2D eigenvalue weighted by Crippen LogP contribution is 2.17. The van der Waals surface area contributed by atoms with Gasteiger partial charge in [0.15, 0.2) is 5.82 Å². The van der Waals surface area contributed by atoms with Gasteiger partial charge in [0.05, 0.1) is 12.6 Å². The van der Waals surface area contributed by atoms with Crippen LogP contribution in [0.4, 0.5) is 10.6 Å². The number of urea groups is 1. The van der Waals surface area contributed by atoms with E-state index in [1.54, 1.807) is 16.8 Å². The van der Waals surface area contributed by atoms with Gasteiger partial charge in [-0.15, -0.1) is 0 Å². The molecule has 6 heteroatoms. The van der Waals surface area contributed by atoms with Crippen molar-refractivity contribution in [1.29, 1.82) is 0 Å². The molecule has 128 valence electrons. The first-order valence-electron chi connectivity index (χ1n) is 8.00. The largest absolute Gasteiger partial charge is 0.331 e. The summed E-state index contributed by atoms with van der Waals surface area (Å²) in [5.41, 5.74) is 2.09. The fourth-order valence-electron chi connectivity index (χ4n) is 2.50. The average Bonchev–Trinajstić information content (AvgIpc) is 3.02. The Morgan fingerprint density at radius 3 is 2.72 bits per heavy atom. The molecule has 3 aromatic rings. The van der Waals surface area contributed by atoms with Crippen molar-refractivity contribution in [3.63, 3.8) is 0 Å². The second-order valence-electron chi connectivity index (χ2n) is 5.76. The first kappa shape index (κ1) is 17.0. The minimum absolute atomic E-state index is 0.162. The molecule has 1 atom stereocenters. The minimum atomic E-state index is -0.308. The van der Waals surface area contributed by atoms with Crippen LogP contribution in [0.2, 0.25) is 5.02 Å². The van der Waals surface area contributed by atoms with Gasteiger partial charge in [0, 0.05) is 17.3 Å². The Balaban J connectivity index is 1.56. The van der Waals surface area contributed by atoms with Crippen molar-refractivity contribution in [2.24, 2.45) is 0 Å². The van der Waals surface area contributed by atoms with Crippen LogP contribution >= 0.6 is 11.6 Å². The molecule has 0 saturated carbocycles. The molecule has 0 spiro atoms. The molecule has 5 nitrogen and oxygen atoms in total. The van der Waals surface area contributed by atoms with Crippen molar-refractivity contribution >= 4 is 23.4 Å². The van der Waals surface area contributed by atoms with Gasteiger partial charge in [-0.25, -0.2) is 4.79 Å². The third-order valence-corrected chi connectivity index (χ3v) is 4.00. The predicted octanol–water partition coefficient (Wildman–Crippen LogP) is 4.47. The van der Waals surface area contributed by atoms with Crippen LogP contribution in [0.5, 0.6) is 0 Å². The minimum Gasteiger partial charge on any atom is -0.331 e. The molecule has 1 heterocycles. The standard InChI is InChI=1S/C19H19ClN4O/c1-14(16-8-5-9-17(20)12-16)21-19(25)22-18-10-11-24(23-18)13-15-6-3-2-4-7-15/h2-12,14H,13H2,1H3,(H2,21,22,23,25)/t14-/m0/s1. The zero-order valence-electron chi connectivity index (χ0n) is 13.8. The number of carbonyl (C=O) groups excluding carboxylic acids is 1. The molecule has 0 bridgehead atoms. The monoisotopic (exact) mass is 354 g/mol. The number of nitrogens with one attached hydrogen (secondary N) is 2. The van der Waals surface area contributed by atoms with Crippen molar-refractivity contribution in [2.45, 2.75) is 19.5 Å². The van der Waals surface area contributed by atoms with Crippen LogP contribution in [0.25, 0.3) is 0 Å². The van der Waals surface area contributed by atoms with E-state index in [4.69, 9.17) is 11.6 Å². The fourth-order valence-corrected chi connectivity index (χ4v) is 2.69. The molecule has 0 unspecified atom stereocenters. The Hall–Kier alpha value is -2.79. The van der Waals surface area contributed by atoms with Crippen molar-refractivity contribution in [3.8, 4) is 0 Å². The molecule has 0 fully saturated rings. The summed E-state index contributed by atoms with van der Waals surface area (Å²) in [6.45, 7) is 2.56. The van der Waals surface area contributed by atoms with Gasteiger partial charge in [-0.2, -0.15) is 5.10 Å². The number of amides is 2. The Bertz CT molecular complexity index is 847. The third-order valence-electron chi connectivity index (χ3n) is 3.77. The fraction of sp³-hybridized carbons (Fsp3) is 0.158. The highest BCUT2D eigenvalue weighted by Gasteiger charge is 2.11. The number of halogens is 1. The zero-order chi connectivity index (χ0) is 17.6. The molecule has 0 aliphatic heterocycles. The molecular formula is C19H19ClN4O. The van der Waals surface area contributed by atoms with Crippen LogP contribution < -0.4 is 10.6 Å². The molecule has 2 amide bonds. The van der Waals surface area contributed by atoms with Gasteiger partial charge in [0.1, 0.15) is 0 Å². The predicted molar refractivity (Wildman–Crippen MR) is 99.8 cm³/mol. The van der Waals surface area contributed by atoms with Gasteiger partial charge in [0.2, 0.25) is 0 Å². The summed E-state index contributed by atoms with van der Waals surface area (Å²) < 4.78 is 1.78. The van der Waals surface area contributed by atoms with Crippen molar-refractivity contribution in [1.82, 2.24) is 15.1 Å². The van der Waals surface area contributed by atoms with E-state index < -0.39 is 0 Å². The summed E-state index contributed by atoms with van der Waals surface area (Å²) in [6, 6.07) is 18.7. The lowest BCUT2D eigenvalue weighted by Crippen LogP contribution is -2.31. The number of aromatic nitrogens is 2. The maximum absolute atomic E-state index is 12.1. The SMILES string of the molecule is C[C@H](NC(=O)Nc1ccn(Cc2ccccc2)n1)c1cccc(Cl)c1. The first-order chi connectivity index (χ1) is 12.1. The number of hydrogen-bond donors (Lipinski definition) is 2. The zero-order valence-corrected chi connectivity index (χ0v) is 14.6. The summed E-state index contributed by atoms with van der Waals surface area (Å²) >= 11 is 5.98. The number of nitrogens with zero attached hydrogens (tertiary/aromatic N) is 2. The molecule has 2 N–H and O–H groups in total. The number of carbonyl (C=O) groups is 1. The lowest BCUT2D eigenvalue weighted by Gasteiger charge is -2.14. The van der Waals surface area contributed by atoms with Crippen molar-refractivity contribution in [2.75, 3.05) is 5.32 Å². The smallest absolute Gasteiger partial charge is 0.320 e. The van der Waals surface area contributed by atoms with E-state index in [2.05, 4.69) is 15.7 Å². The Morgan fingerprint density at radius 1 is 1.16 bits per heavy atom. The molecule has 25 heavy (non-hydrogen) atoms. The summed E-state index contributed by atoms with van der Waals surface area (Å²) in [7, 11) is 0. The van der Waals surface area contributed by atoms with Crippen LogP contribution in [-0.2, 0) is 6.54 Å². The highest BCUT2D eigenvalue weighted by molar-refractivity contribution is 6.30. The van der Waals surface area contributed by atoms with Gasteiger partial charge < -0.3 is 5.32 Å². The maximum Gasteiger partial charge on any atom is 0.320 e. The highest BCUT2D eigenvalue weighted by atomic mass is 35.5. The topological polar surface area (TPSA) is 59.0 Å². The van der Waals surface area contributed by atoms with E-state index in [0.29, 0.717) is 17.4 Å². The number of rotatable bonds is 5. The summed E-state index contributed by atoms with van der Waals surface area (Å²) in [5.74, 6) is 0.506. The van der Waals surface area contributed by atoms with Crippen LogP contribution in [0.3, 0.4) is 0 Å². The lowest BCUT2D eigenvalue weighted by atomic mass is 10.1. The van der Waals surface area contributed by atoms with Crippen LogP contribution in [0.1, 0.15) is 24.1 Å². The molecule has 0 radical (unpaired) electrons. The number of benzene rings is 2. The maximum atomic E-state index is 12.1. The van der Waals surface area contributed by atoms with Gasteiger partial charge in [-0.3, -0.25) is 10.00 Å². The lowest BCUT2D eigenvalue weighted by molar-refractivity contribution is 0.249. The summed E-state index contributed by atoms with van der Waals surface area (Å²) in [4.78, 5) is 12.1. The Labute approximate surface area is 151 Å². The molecule has 1 aromatic heterocycles. The van der Waals surface area contributed by atoms with Gasteiger partial charge in [-0.05, 0) is 30.2 Å². The molecule has 0 saturated heterocycles. The van der Waals surface area contributed by atoms with Crippen LogP contribution in [-0.4, -0.2) is 15.8 Å². The molecular weight excluding hydrogens is 336 g/mol. The molecule has 0 aliphatic carbocycles. The van der Waals surface area contributed by atoms with Crippen LogP contribution in [0, 0.1) is 0 Å². The molecule has 3 rings (SSSR count). The Morgan fingerprint density at radius 2 is 1.96 bits per heavy atom. The average molecular weight is 355 g/mol. The van der Waals surface area contributed by atoms with Gasteiger partial charge >= 0.3 is 6.03 Å². The van der Waals surface area contributed by atoms with E-state index in [9.17, 15) is 4.79 Å². The van der Waals surface area contributed by atoms with Crippen molar-refractivity contribution in [3.05, 3.63) is 83.0 Å². The van der Waals surface area contributed by atoms with E-state index >= 15 is 0 Å². The number of anilines is 1. The quantitative estimate of drug-likeness (QED) is 0.710. The first-order valence-corrected chi connectivity index (χ1v) is 8.38. The van der Waals surface area contributed by atoms with Gasteiger partial charge in [-0.1, -0.05) is 54.1 Å². The second-order valence-corrected chi connectivity index (χ2v) is 6.20. The van der Waals surface area contributed by atoms with Crippen LogP contribution in [0.15, 0.2) is 66.9 Å². The second kappa shape index (κ2) is 7.85. The molecule has 2 aromatic carbocycles.